The number of hydrogen-bond acceptors (Lipinski definition) is 2. The summed E-state index contributed by atoms with van der Waals surface area (Å²) in [5, 5.41) is 12.2. The van der Waals surface area contributed by atoms with E-state index in [1.807, 2.05) is 6.07 Å². The van der Waals surface area contributed by atoms with Crippen molar-refractivity contribution in [3.63, 3.8) is 0 Å². The second-order valence-electron chi connectivity index (χ2n) is 4.85. The van der Waals surface area contributed by atoms with Crippen LogP contribution < -0.4 is 5.32 Å². The van der Waals surface area contributed by atoms with Crippen molar-refractivity contribution in [1.29, 1.82) is 5.26 Å². The van der Waals surface area contributed by atoms with Gasteiger partial charge in [-0.1, -0.05) is 12.1 Å². The zero-order valence-corrected chi connectivity index (χ0v) is 10.7. The zero-order valence-electron chi connectivity index (χ0n) is 10.7. The van der Waals surface area contributed by atoms with E-state index in [4.69, 9.17) is 5.26 Å². The molecule has 20 heavy (non-hydrogen) atoms. The smallest absolute Gasteiger partial charge is 0.143 e. The van der Waals surface area contributed by atoms with Crippen LogP contribution in [0.3, 0.4) is 0 Å². The molecule has 3 rings (SSSR count). The van der Waals surface area contributed by atoms with Gasteiger partial charge in [0, 0.05) is 0 Å². The van der Waals surface area contributed by atoms with Gasteiger partial charge >= 0.3 is 0 Å². The molecule has 4 heteroatoms. The Labute approximate surface area is 115 Å². The highest BCUT2D eigenvalue weighted by molar-refractivity contribution is 5.59. The summed E-state index contributed by atoms with van der Waals surface area (Å²) in [5.74, 6) is -0.827. The van der Waals surface area contributed by atoms with Gasteiger partial charge in [0.15, 0.2) is 0 Å². The number of halogens is 2. The van der Waals surface area contributed by atoms with E-state index >= 15 is 0 Å². The molecule has 100 valence electrons. The molecule has 0 spiro atoms. The maximum atomic E-state index is 13.6. The van der Waals surface area contributed by atoms with Crippen LogP contribution in [-0.2, 0) is 6.42 Å². The van der Waals surface area contributed by atoms with Gasteiger partial charge in [0.2, 0.25) is 0 Å². The molecule has 1 aliphatic rings. The van der Waals surface area contributed by atoms with Crippen molar-refractivity contribution in [3.05, 3.63) is 64.7 Å². The van der Waals surface area contributed by atoms with Crippen LogP contribution in [0.4, 0.5) is 14.5 Å². The molecule has 0 fully saturated rings. The van der Waals surface area contributed by atoms with E-state index in [9.17, 15) is 8.78 Å². The van der Waals surface area contributed by atoms with Gasteiger partial charge in [0.05, 0.1) is 11.7 Å². The monoisotopic (exact) mass is 270 g/mol. The Morgan fingerprint density at radius 1 is 1.20 bits per heavy atom. The molecule has 1 aliphatic carbocycles. The Bertz CT molecular complexity index is 704. The molecule has 0 aliphatic heterocycles. The standard InChI is InChI=1S/C16H12F2N2/c17-11-6-4-10-5-7-16(12(10)8-11)20-15-3-1-2-14(18)13(15)9-19/h1-4,6,8,16,20H,5,7H2. The summed E-state index contributed by atoms with van der Waals surface area (Å²) >= 11 is 0. The summed E-state index contributed by atoms with van der Waals surface area (Å²) in [6.45, 7) is 0. The normalized spacial score (nSPS) is 16.6. The molecule has 0 radical (unpaired) electrons. The average molecular weight is 270 g/mol. The number of anilines is 1. The largest absolute Gasteiger partial charge is 0.377 e. The topological polar surface area (TPSA) is 35.8 Å². The van der Waals surface area contributed by atoms with E-state index in [0.717, 1.165) is 24.0 Å². The number of nitrogens with one attached hydrogen (secondary N) is 1. The van der Waals surface area contributed by atoms with Crippen LogP contribution in [0.15, 0.2) is 36.4 Å². The number of fused-ring (bicyclic) bond motifs is 1. The molecule has 1 atom stereocenters. The van der Waals surface area contributed by atoms with Crippen molar-refractivity contribution in [2.75, 3.05) is 5.32 Å². The summed E-state index contributed by atoms with van der Waals surface area (Å²) in [6.07, 6.45) is 1.66. The minimum atomic E-state index is -0.546. The summed E-state index contributed by atoms with van der Waals surface area (Å²) in [4.78, 5) is 0. The minimum Gasteiger partial charge on any atom is -0.377 e. The zero-order chi connectivity index (χ0) is 14.1. The fourth-order valence-electron chi connectivity index (χ4n) is 2.67. The lowest BCUT2D eigenvalue weighted by atomic mass is 10.1. The van der Waals surface area contributed by atoms with Crippen LogP contribution in [0.25, 0.3) is 0 Å². The van der Waals surface area contributed by atoms with Gasteiger partial charge in [0.1, 0.15) is 23.3 Å². The van der Waals surface area contributed by atoms with E-state index in [-0.39, 0.29) is 17.4 Å². The molecule has 2 nitrogen and oxygen atoms in total. The average Bonchev–Trinajstić information content (AvgIpc) is 2.82. The van der Waals surface area contributed by atoms with Crippen LogP contribution in [0.2, 0.25) is 0 Å². The van der Waals surface area contributed by atoms with Crippen molar-refractivity contribution < 1.29 is 8.78 Å². The third-order valence-electron chi connectivity index (χ3n) is 3.64. The maximum Gasteiger partial charge on any atom is 0.143 e. The molecular weight excluding hydrogens is 258 g/mol. The van der Waals surface area contributed by atoms with Gasteiger partial charge in [-0.15, -0.1) is 0 Å². The summed E-state index contributed by atoms with van der Waals surface area (Å²) < 4.78 is 26.9. The fraction of sp³-hybridized carbons (Fsp3) is 0.188. The van der Waals surface area contributed by atoms with E-state index in [1.165, 1.54) is 18.2 Å². The molecule has 0 aromatic heterocycles. The van der Waals surface area contributed by atoms with E-state index < -0.39 is 5.82 Å². The number of benzene rings is 2. The molecule has 0 saturated carbocycles. The highest BCUT2D eigenvalue weighted by Gasteiger charge is 2.23. The van der Waals surface area contributed by atoms with Crippen molar-refractivity contribution in [1.82, 2.24) is 0 Å². The Morgan fingerprint density at radius 2 is 2.05 bits per heavy atom. The van der Waals surface area contributed by atoms with Gasteiger partial charge in [-0.3, -0.25) is 0 Å². The summed E-state index contributed by atoms with van der Waals surface area (Å²) in [6, 6.07) is 11.0. The van der Waals surface area contributed by atoms with Crippen molar-refractivity contribution in [2.45, 2.75) is 18.9 Å². The van der Waals surface area contributed by atoms with Crippen LogP contribution in [-0.4, -0.2) is 0 Å². The number of aryl methyl sites for hydroxylation is 1. The first-order valence-corrected chi connectivity index (χ1v) is 6.42. The van der Waals surface area contributed by atoms with Crippen LogP contribution in [0.5, 0.6) is 0 Å². The molecule has 0 amide bonds. The minimum absolute atomic E-state index is 0.00245. The number of nitrogens with zero attached hydrogens (tertiary/aromatic N) is 1. The third-order valence-corrected chi connectivity index (χ3v) is 3.64. The lowest BCUT2D eigenvalue weighted by molar-refractivity contribution is 0.621. The number of nitriles is 1. The van der Waals surface area contributed by atoms with E-state index in [2.05, 4.69) is 5.32 Å². The first kappa shape index (κ1) is 12.6. The summed E-state index contributed by atoms with van der Waals surface area (Å²) in [5.41, 5.74) is 2.43. The first-order valence-electron chi connectivity index (χ1n) is 6.42. The van der Waals surface area contributed by atoms with Gasteiger partial charge in [0.25, 0.3) is 0 Å². The highest BCUT2D eigenvalue weighted by Crippen LogP contribution is 2.35. The number of rotatable bonds is 2. The Hall–Kier alpha value is -2.41. The van der Waals surface area contributed by atoms with Crippen molar-refractivity contribution >= 4 is 5.69 Å². The van der Waals surface area contributed by atoms with Crippen LogP contribution in [0, 0.1) is 23.0 Å². The predicted molar refractivity (Wildman–Crippen MR) is 72.2 cm³/mol. The molecule has 1 unspecified atom stereocenters. The molecule has 1 N–H and O–H groups in total. The molecular formula is C16H12F2N2. The Morgan fingerprint density at radius 3 is 2.85 bits per heavy atom. The second-order valence-corrected chi connectivity index (χ2v) is 4.85. The molecule has 0 saturated heterocycles. The van der Waals surface area contributed by atoms with Gasteiger partial charge < -0.3 is 5.32 Å². The van der Waals surface area contributed by atoms with Gasteiger partial charge in [-0.25, -0.2) is 8.78 Å². The Kier molecular flexibility index (Phi) is 3.11. The lowest BCUT2D eigenvalue weighted by Gasteiger charge is -2.16. The second kappa shape index (κ2) is 4.93. The fourth-order valence-corrected chi connectivity index (χ4v) is 2.67. The maximum absolute atomic E-state index is 13.6. The van der Waals surface area contributed by atoms with Gasteiger partial charge in [-0.05, 0) is 48.2 Å². The predicted octanol–water partition coefficient (Wildman–Crippen LogP) is 3.94. The summed E-state index contributed by atoms with van der Waals surface area (Å²) in [7, 11) is 0. The van der Waals surface area contributed by atoms with Crippen LogP contribution in [0.1, 0.15) is 29.2 Å². The molecule has 2 aromatic carbocycles. The lowest BCUT2D eigenvalue weighted by Crippen LogP contribution is -2.09. The highest BCUT2D eigenvalue weighted by atomic mass is 19.1. The van der Waals surface area contributed by atoms with Crippen molar-refractivity contribution in [3.8, 4) is 6.07 Å². The molecule has 0 heterocycles. The van der Waals surface area contributed by atoms with Crippen molar-refractivity contribution in [2.24, 2.45) is 0 Å². The third kappa shape index (κ3) is 2.12. The SMILES string of the molecule is N#Cc1c(F)cccc1NC1CCc2ccc(F)cc21. The molecule has 0 bridgehead atoms. The van der Waals surface area contributed by atoms with Crippen LogP contribution >= 0.6 is 0 Å². The van der Waals surface area contributed by atoms with Gasteiger partial charge in [-0.2, -0.15) is 5.26 Å². The van der Waals surface area contributed by atoms with E-state index in [1.54, 1.807) is 18.2 Å². The Balaban J connectivity index is 1.94. The van der Waals surface area contributed by atoms with E-state index in [0.29, 0.717) is 5.69 Å². The number of hydrogen-bond donors (Lipinski definition) is 1. The molecule has 2 aromatic rings. The quantitative estimate of drug-likeness (QED) is 0.897. The first-order chi connectivity index (χ1) is 9.69.